The number of halogens is 1. The van der Waals surface area contributed by atoms with Crippen molar-refractivity contribution in [3.05, 3.63) is 0 Å². The van der Waals surface area contributed by atoms with Crippen LogP contribution in [-0.2, 0) is 9.53 Å². The smallest absolute Gasteiger partial charge is 0.243 e. The summed E-state index contributed by atoms with van der Waals surface area (Å²) in [4.78, 5) is 22.8. The number of piperidine rings is 1. The molecule has 1 fully saturated rings. The van der Waals surface area contributed by atoms with Crippen molar-refractivity contribution in [1.29, 1.82) is 0 Å². The van der Waals surface area contributed by atoms with Gasteiger partial charge in [0.1, 0.15) is 6.54 Å². The highest BCUT2D eigenvalue weighted by molar-refractivity contribution is 14.0. The van der Waals surface area contributed by atoms with Gasteiger partial charge in [-0.1, -0.05) is 6.92 Å². The minimum absolute atomic E-state index is 0. The van der Waals surface area contributed by atoms with Gasteiger partial charge in [0.15, 0.2) is 5.96 Å². The predicted molar refractivity (Wildman–Crippen MR) is 132 cm³/mol. The summed E-state index contributed by atoms with van der Waals surface area (Å²) in [6.45, 7) is 9.51. The van der Waals surface area contributed by atoms with Crippen molar-refractivity contribution in [2.24, 2.45) is 10.9 Å². The summed E-state index contributed by atoms with van der Waals surface area (Å²) in [5, 5.41) is 3.51. The number of carbonyl (C=O) groups excluding carboxylic acids is 1. The summed E-state index contributed by atoms with van der Waals surface area (Å²) in [5.41, 5.74) is 0. The molecular formula is C21H44IN5O2. The molecule has 1 aliphatic rings. The molecule has 8 heteroatoms. The van der Waals surface area contributed by atoms with Gasteiger partial charge in [-0.3, -0.25) is 4.79 Å². The van der Waals surface area contributed by atoms with Gasteiger partial charge in [-0.15, -0.1) is 24.0 Å². The van der Waals surface area contributed by atoms with Gasteiger partial charge in [-0.2, -0.15) is 0 Å². The molecule has 0 spiro atoms. The van der Waals surface area contributed by atoms with Crippen molar-refractivity contribution < 1.29 is 9.53 Å². The highest BCUT2D eigenvalue weighted by atomic mass is 127. The first-order valence-electron chi connectivity index (χ1n) is 10.8. The number of methoxy groups -OCH3 is 1. The number of guanidine groups is 1. The maximum Gasteiger partial charge on any atom is 0.243 e. The third-order valence-electron chi connectivity index (χ3n) is 5.59. The van der Waals surface area contributed by atoms with Gasteiger partial charge < -0.3 is 24.8 Å². The fraction of sp³-hybridized carbons (Fsp3) is 0.905. The van der Waals surface area contributed by atoms with Crippen LogP contribution in [0.25, 0.3) is 0 Å². The number of hydrogen-bond acceptors (Lipinski definition) is 4. The Morgan fingerprint density at radius 1 is 1.24 bits per heavy atom. The molecule has 1 amide bonds. The molecule has 1 heterocycles. The number of amides is 1. The van der Waals surface area contributed by atoms with E-state index in [1.54, 1.807) is 26.1 Å². The standard InChI is InChI=1S/C21H43N5O2.HI/c1-7-18(2)23-21(22-17-20(27)24(3)4)26-13-10-19(11-14-26)9-8-12-25(5)15-16-28-6;/h18-19H,7-17H2,1-6H3,(H,22,23);1H. The lowest BCUT2D eigenvalue weighted by Crippen LogP contribution is -2.48. The van der Waals surface area contributed by atoms with E-state index >= 15 is 0 Å². The van der Waals surface area contributed by atoms with Gasteiger partial charge in [-0.25, -0.2) is 4.99 Å². The highest BCUT2D eigenvalue weighted by Gasteiger charge is 2.22. The van der Waals surface area contributed by atoms with Crippen LogP contribution in [0.2, 0.25) is 0 Å². The van der Waals surface area contributed by atoms with Gasteiger partial charge >= 0.3 is 0 Å². The van der Waals surface area contributed by atoms with Gasteiger partial charge in [0.2, 0.25) is 5.91 Å². The van der Waals surface area contributed by atoms with E-state index in [0.717, 1.165) is 51.1 Å². The number of nitrogens with zero attached hydrogens (tertiary/aromatic N) is 4. The lowest BCUT2D eigenvalue weighted by atomic mass is 9.92. The molecular weight excluding hydrogens is 481 g/mol. The zero-order valence-corrected chi connectivity index (χ0v) is 21.8. The molecule has 0 aromatic heterocycles. The van der Waals surface area contributed by atoms with Crippen LogP contribution in [0, 0.1) is 5.92 Å². The van der Waals surface area contributed by atoms with Crippen LogP contribution in [0.15, 0.2) is 4.99 Å². The van der Waals surface area contributed by atoms with Crippen molar-refractivity contribution in [1.82, 2.24) is 20.0 Å². The van der Waals surface area contributed by atoms with E-state index in [0.29, 0.717) is 6.04 Å². The first-order valence-corrected chi connectivity index (χ1v) is 10.8. The van der Waals surface area contributed by atoms with E-state index in [4.69, 9.17) is 4.74 Å². The van der Waals surface area contributed by atoms with Crippen LogP contribution in [0.5, 0.6) is 0 Å². The molecule has 1 atom stereocenters. The molecule has 0 radical (unpaired) electrons. The van der Waals surface area contributed by atoms with Crippen LogP contribution < -0.4 is 5.32 Å². The summed E-state index contributed by atoms with van der Waals surface area (Å²) >= 11 is 0. The predicted octanol–water partition coefficient (Wildman–Crippen LogP) is 2.51. The van der Waals surface area contributed by atoms with Gasteiger partial charge in [0, 0.05) is 46.9 Å². The van der Waals surface area contributed by atoms with Crippen molar-refractivity contribution in [3.8, 4) is 0 Å². The molecule has 0 aliphatic carbocycles. The van der Waals surface area contributed by atoms with E-state index < -0.39 is 0 Å². The molecule has 0 aromatic carbocycles. The molecule has 0 aromatic rings. The number of likely N-dealkylation sites (tertiary alicyclic amines) is 1. The van der Waals surface area contributed by atoms with E-state index in [2.05, 4.69) is 41.0 Å². The zero-order chi connectivity index (χ0) is 20.9. The Morgan fingerprint density at radius 3 is 2.45 bits per heavy atom. The minimum atomic E-state index is 0. The van der Waals surface area contributed by atoms with E-state index in [-0.39, 0.29) is 36.4 Å². The number of ether oxygens (including phenoxy) is 1. The number of rotatable bonds is 11. The first kappa shape index (κ1) is 28.4. The van der Waals surface area contributed by atoms with E-state index in [1.807, 2.05) is 0 Å². The van der Waals surface area contributed by atoms with Crippen molar-refractivity contribution in [2.75, 3.05) is 67.6 Å². The number of likely N-dealkylation sites (N-methyl/N-ethyl adjacent to an activating group) is 2. The number of hydrogen-bond donors (Lipinski definition) is 1. The fourth-order valence-electron chi connectivity index (χ4n) is 3.29. The second-order valence-corrected chi connectivity index (χ2v) is 8.25. The Kier molecular flexibility index (Phi) is 15.8. The van der Waals surface area contributed by atoms with Crippen molar-refractivity contribution in [3.63, 3.8) is 0 Å². The summed E-state index contributed by atoms with van der Waals surface area (Å²) in [7, 11) is 7.47. The van der Waals surface area contributed by atoms with Crippen molar-refractivity contribution in [2.45, 2.75) is 52.0 Å². The van der Waals surface area contributed by atoms with Gasteiger partial charge in [0.05, 0.1) is 6.61 Å². The normalized spacial score (nSPS) is 16.5. The molecule has 7 nitrogen and oxygen atoms in total. The third-order valence-corrected chi connectivity index (χ3v) is 5.59. The first-order chi connectivity index (χ1) is 13.4. The maximum atomic E-state index is 11.9. The Bertz CT molecular complexity index is 468. The second-order valence-electron chi connectivity index (χ2n) is 8.25. The van der Waals surface area contributed by atoms with E-state index in [9.17, 15) is 4.79 Å². The Labute approximate surface area is 195 Å². The third kappa shape index (κ3) is 12.0. The molecule has 1 rings (SSSR count). The average Bonchev–Trinajstić information content (AvgIpc) is 2.69. The highest BCUT2D eigenvalue weighted by Crippen LogP contribution is 2.22. The zero-order valence-electron chi connectivity index (χ0n) is 19.4. The Hall–Kier alpha value is -0.610. The van der Waals surface area contributed by atoms with Crippen LogP contribution in [-0.4, -0.2) is 100 Å². The lowest BCUT2D eigenvalue weighted by molar-refractivity contribution is -0.127. The number of aliphatic imine (C=N–C) groups is 1. The van der Waals surface area contributed by atoms with Crippen LogP contribution in [0.4, 0.5) is 0 Å². The Morgan fingerprint density at radius 2 is 1.90 bits per heavy atom. The lowest BCUT2D eigenvalue weighted by Gasteiger charge is -2.35. The quantitative estimate of drug-likeness (QED) is 0.255. The molecule has 0 bridgehead atoms. The molecule has 1 saturated heterocycles. The SMILES string of the molecule is CCC(C)NC(=NCC(=O)N(C)C)N1CCC(CCCN(C)CCOC)CC1.I. The average molecular weight is 526 g/mol. The largest absolute Gasteiger partial charge is 0.383 e. The molecule has 0 saturated carbocycles. The summed E-state index contributed by atoms with van der Waals surface area (Å²) in [6.07, 6.45) is 5.97. The van der Waals surface area contributed by atoms with E-state index in [1.165, 1.54) is 25.7 Å². The number of carbonyl (C=O) groups is 1. The summed E-state index contributed by atoms with van der Waals surface area (Å²) < 4.78 is 5.14. The molecule has 1 unspecified atom stereocenters. The van der Waals surface area contributed by atoms with Crippen LogP contribution in [0.1, 0.15) is 46.0 Å². The monoisotopic (exact) mass is 525 g/mol. The number of nitrogens with one attached hydrogen (secondary N) is 1. The topological polar surface area (TPSA) is 60.4 Å². The van der Waals surface area contributed by atoms with Gasteiger partial charge in [-0.05, 0) is 58.5 Å². The Balaban J connectivity index is 0.00000784. The van der Waals surface area contributed by atoms with Crippen molar-refractivity contribution >= 4 is 35.8 Å². The van der Waals surface area contributed by atoms with Crippen LogP contribution in [0.3, 0.4) is 0 Å². The summed E-state index contributed by atoms with van der Waals surface area (Å²) in [6, 6.07) is 0.355. The fourth-order valence-corrected chi connectivity index (χ4v) is 3.29. The molecule has 29 heavy (non-hydrogen) atoms. The van der Waals surface area contributed by atoms with Gasteiger partial charge in [0.25, 0.3) is 0 Å². The molecule has 1 aliphatic heterocycles. The maximum absolute atomic E-state index is 11.9. The summed E-state index contributed by atoms with van der Waals surface area (Å²) in [5.74, 6) is 1.72. The molecule has 172 valence electrons. The van der Waals surface area contributed by atoms with Crippen LogP contribution >= 0.6 is 24.0 Å². The second kappa shape index (κ2) is 16.1. The minimum Gasteiger partial charge on any atom is -0.383 e. The molecule has 1 N–H and O–H groups in total.